The van der Waals surface area contributed by atoms with E-state index < -0.39 is 0 Å². The highest BCUT2D eigenvalue weighted by atomic mass is 35.5. The summed E-state index contributed by atoms with van der Waals surface area (Å²) < 4.78 is 4.96. The van der Waals surface area contributed by atoms with E-state index in [9.17, 15) is 9.59 Å². The van der Waals surface area contributed by atoms with Gasteiger partial charge in [-0.05, 0) is 24.1 Å². The number of nitrogens with two attached hydrogens (primary N) is 1. The van der Waals surface area contributed by atoms with Gasteiger partial charge in [-0.2, -0.15) is 0 Å². The smallest absolute Gasteiger partial charge is 0.286 e. The van der Waals surface area contributed by atoms with Crippen LogP contribution in [-0.2, 0) is 4.79 Å². The van der Waals surface area contributed by atoms with Crippen molar-refractivity contribution in [2.75, 3.05) is 26.7 Å². The van der Waals surface area contributed by atoms with Gasteiger partial charge >= 0.3 is 0 Å². The lowest BCUT2D eigenvalue weighted by Crippen LogP contribution is -2.40. The van der Waals surface area contributed by atoms with Gasteiger partial charge in [0.15, 0.2) is 5.76 Å². The van der Waals surface area contributed by atoms with E-state index >= 15 is 0 Å². The third kappa shape index (κ3) is 6.64. The van der Waals surface area contributed by atoms with Gasteiger partial charge in [0.05, 0.1) is 6.26 Å². The van der Waals surface area contributed by atoms with Crippen molar-refractivity contribution >= 4 is 24.2 Å². The van der Waals surface area contributed by atoms with Crippen molar-refractivity contribution in [1.29, 1.82) is 0 Å². The summed E-state index contributed by atoms with van der Waals surface area (Å²) in [5.74, 6) is -0.0888. The molecule has 1 aromatic rings. The highest BCUT2D eigenvalue weighted by molar-refractivity contribution is 5.91. The highest BCUT2D eigenvalue weighted by Gasteiger charge is 2.21. The van der Waals surface area contributed by atoms with E-state index in [0.717, 1.165) is 0 Å². The summed E-state index contributed by atoms with van der Waals surface area (Å²) in [5, 5.41) is 2.64. The lowest BCUT2D eigenvalue weighted by Gasteiger charge is -2.29. The molecule has 0 aromatic carbocycles. The Morgan fingerprint density at radius 2 is 2.10 bits per heavy atom. The maximum atomic E-state index is 11.9. The number of amides is 2. The van der Waals surface area contributed by atoms with Crippen LogP contribution in [0.3, 0.4) is 0 Å². The Labute approximate surface area is 131 Å². The molecule has 6 nitrogen and oxygen atoms in total. The number of halogens is 1. The molecule has 0 aliphatic carbocycles. The normalized spacial score (nSPS) is 10.7. The molecule has 0 saturated heterocycles. The van der Waals surface area contributed by atoms with E-state index in [1.165, 1.54) is 6.26 Å². The topological polar surface area (TPSA) is 88.6 Å². The van der Waals surface area contributed by atoms with Crippen LogP contribution in [0.5, 0.6) is 0 Å². The van der Waals surface area contributed by atoms with Gasteiger partial charge in [-0.15, -0.1) is 12.4 Å². The Morgan fingerprint density at radius 1 is 1.43 bits per heavy atom. The number of carbonyl (C=O) groups is 2. The molecule has 1 heterocycles. The first kappa shape index (κ1) is 19.5. The minimum Gasteiger partial charge on any atom is -0.459 e. The molecule has 2 amide bonds. The van der Waals surface area contributed by atoms with Crippen molar-refractivity contribution in [2.24, 2.45) is 11.1 Å². The molecule has 0 bridgehead atoms. The fourth-order valence-corrected chi connectivity index (χ4v) is 1.76. The molecule has 120 valence electrons. The summed E-state index contributed by atoms with van der Waals surface area (Å²) in [6.07, 6.45) is 1.69. The third-order valence-corrected chi connectivity index (χ3v) is 3.01. The second kappa shape index (κ2) is 8.69. The summed E-state index contributed by atoms with van der Waals surface area (Å²) in [7, 11) is 1.74. The SMILES string of the molecule is CN(CC(C)(C)CN)C(=O)CCNC(=O)c1ccco1.Cl. The Morgan fingerprint density at radius 3 is 2.62 bits per heavy atom. The molecule has 0 aliphatic rings. The first-order valence-electron chi connectivity index (χ1n) is 6.61. The zero-order valence-corrected chi connectivity index (χ0v) is 13.5. The number of hydrogen-bond donors (Lipinski definition) is 2. The van der Waals surface area contributed by atoms with Gasteiger partial charge < -0.3 is 20.4 Å². The van der Waals surface area contributed by atoms with Gasteiger partial charge in [0.1, 0.15) is 0 Å². The second-order valence-corrected chi connectivity index (χ2v) is 5.60. The standard InChI is InChI=1S/C14H23N3O3.ClH/c1-14(2,9-15)10-17(3)12(18)6-7-16-13(19)11-5-4-8-20-11;/h4-5,8H,6-7,9-10,15H2,1-3H3,(H,16,19);1H. The predicted molar refractivity (Wildman–Crippen MR) is 83.4 cm³/mol. The van der Waals surface area contributed by atoms with Gasteiger partial charge in [-0.1, -0.05) is 13.8 Å². The molecule has 3 N–H and O–H groups in total. The zero-order chi connectivity index (χ0) is 15.2. The molecule has 0 unspecified atom stereocenters. The van der Waals surface area contributed by atoms with Crippen molar-refractivity contribution in [3.63, 3.8) is 0 Å². The van der Waals surface area contributed by atoms with Crippen LogP contribution in [0.2, 0.25) is 0 Å². The van der Waals surface area contributed by atoms with E-state index in [2.05, 4.69) is 5.32 Å². The van der Waals surface area contributed by atoms with Crippen molar-refractivity contribution in [3.05, 3.63) is 24.2 Å². The van der Waals surface area contributed by atoms with Gasteiger partial charge in [-0.25, -0.2) is 0 Å². The lowest BCUT2D eigenvalue weighted by molar-refractivity contribution is -0.130. The fraction of sp³-hybridized carbons (Fsp3) is 0.571. The first-order valence-corrected chi connectivity index (χ1v) is 6.61. The molecule has 1 aromatic heterocycles. The van der Waals surface area contributed by atoms with Crippen LogP contribution in [0.1, 0.15) is 30.8 Å². The van der Waals surface area contributed by atoms with Crippen molar-refractivity contribution in [1.82, 2.24) is 10.2 Å². The van der Waals surface area contributed by atoms with E-state index in [-0.39, 0.29) is 48.4 Å². The van der Waals surface area contributed by atoms with Crippen LogP contribution in [0.25, 0.3) is 0 Å². The summed E-state index contributed by atoms with van der Waals surface area (Å²) in [6.45, 7) is 5.41. The first-order chi connectivity index (χ1) is 9.35. The summed E-state index contributed by atoms with van der Waals surface area (Å²) in [4.78, 5) is 25.1. The number of nitrogens with zero attached hydrogens (tertiary/aromatic N) is 1. The molecular formula is C14H24ClN3O3. The average Bonchev–Trinajstić information content (AvgIpc) is 2.91. The van der Waals surface area contributed by atoms with Crippen LogP contribution in [0.15, 0.2) is 22.8 Å². The Bertz CT molecular complexity index is 446. The largest absolute Gasteiger partial charge is 0.459 e. The third-order valence-electron chi connectivity index (χ3n) is 3.01. The molecule has 0 atom stereocenters. The van der Waals surface area contributed by atoms with Crippen LogP contribution in [-0.4, -0.2) is 43.4 Å². The van der Waals surface area contributed by atoms with E-state index in [4.69, 9.17) is 10.2 Å². The van der Waals surface area contributed by atoms with E-state index in [1.54, 1.807) is 24.1 Å². The molecule has 0 aliphatic heterocycles. The number of furan rings is 1. The Balaban J connectivity index is 0.00000400. The maximum absolute atomic E-state index is 11.9. The number of carbonyl (C=O) groups excluding carboxylic acids is 2. The van der Waals surface area contributed by atoms with Crippen molar-refractivity contribution in [2.45, 2.75) is 20.3 Å². The van der Waals surface area contributed by atoms with E-state index in [0.29, 0.717) is 13.1 Å². The molecule has 0 spiro atoms. The molecule has 0 fully saturated rings. The van der Waals surface area contributed by atoms with Crippen LogP contribution < -0.4 is 11.1 Å². The Kier molecular flexibility index (Phi) is 8.06. The van der Waals surface area contributed by atoms with Gasteiger partial charge in [0.2, 0.25) is 5.91 Å². The average molecular weight is 318 g/mol. The van der Waals surface area contributed by atoms with Crippen LogP contribution in [0.4, 0.5) is 0 Å². The quantitative estimate of drug-likeness (QED) is 0.792. The molecule has 0 saturated carbocycles. The number of nitrogens with one attached hydrogen (secondary N) is 1. The highest BCUT2D eigenvalue weighted by Crippen LogP contribution is 2.14. The van der Waals surface area contributed by atoms with E-state index in [1.807, 2.05) is 13.8 Å². The van der Waals surface area contributed by atoms with Crippen LogP contribution >= 0.6 is 12.4 Å². The summed E-state index contributed by atoms with van der Waals surface area (Å²) >= 11 is 0. The van der Waals surface area contributed by atoms with Crippen LogP contribution in [0, 0.1) is 5.41 Å². The monoisotopic (exact) mass is 317 g/mol. The minimum atomic E-state index is -0.312. The number of hydrogen-bond acceptors (Lipinski definition) is 4. The molecule has 21 heavy (non-hydrogen) atoms. The predicted octanol–water partition coefficient (Wildman–Crippen LogP) is 1.26. The fourth-order valence-electron chi connectivity index (χ4n) is 1.76. The van der Waals surface area contributed by atoms with Crippen molar-refractivity contribution < 1.29 is 14.0 Å². The minimum absolute atomic E-state index is 0. The molecule has 0 radical (unpaired) electrons. The zero-order valence-electron chi connectivity index (χ0n) is 12.7. The second-order valence-electron chi connectivity index (χ2n) is 5.60. The number of rotatable bonds is 7. The summed E-state index contributed by atoms with van der Waals surface area (Å²) in [6, 6.07) is 3.22. The molecular weight excluding hydrogens is 294 g/mol. The van der Waals surface area contributed by atoms with Crippen molar-refractivity contribution in [3.8, 4) is 0 Å². The molecule has 1 rings (SSSR count). The van der Waals surface area contributed by atoms with Gasteiger partial charge in [0, 0.05) is 26.6 Å². The Hall–Kier alpha value is -1.53. The lowest BCUT2D eigenvalue weighted by atomic mass is 9.93. The van der Waals surface area contributed by atoms with Gasteiger partial charge in [-0.3, -0.25) is 9.59 Å². The molecule has 7 heteroatoms. The maximum Gasteiger partial charge on any atom is 0.286 e. The van der Waals surface area contributed by atoms with Gasteiger partial charge in [0.25, 0.3) is 5.91 Å². The summed E-state index contributed by atoms with van der Waals surface area (Å²) in [5.41, 5.74) is 5.53.